The van der Waals surface area contributed by atoms with E-state index in [1.54, 1.807) is 22.7 Å². The van der Waals surface area contributed by atoms with Gasteiger partial charge in [0.25, 0.3) is 0 Å². The van der Waals surface area contributed by atoms with E-state index in [2.05, 4.69) is 23.1 Å². The van der Waals surface area contributed by atoms with Crippen molar-refractivity contribution in [2.24, 2.45) is 0 Å². The van der Waals surface area contributed by atoms with Crippen LogP contribution in [0.25, 0.3) is 10.2 Å². The molecule has 124 valence electrons. The summed E-state index contributed by atoms with van der Waals surface area (Å²) in [6.45, 7) is 4.36. The maximum Gasteiger partial charge on any atom is 0.227 e. The average Bonchev–Trinajstić information content (AvgIpc) is 3.24. The highest BCUT2D eigenvalue weighted by Crippen LogP contribution is 2.23. The van der Waals surface area contributed by atoms with Crippen LogP contribution in [0.4, 0.5) is 0 Å². The Bertz CT molecular complexity index is 787. The Balaban J connectivity index is 1.31. The van der Waals surface area contributed by atoms with E-state index in [0.29, 0.717) is 6.42 Å². The minimum Gasteiger partial charge on any atom is -0.340 e. The lowest BCUT2D eigenvalue weighted by Crippen LogP contribution is -2.48. The smallest absolute Gasteiger partial charge is 0.227 e. The Kier molecular flexibility index (Phi) is 4.60. The molecule has 24 heavy (non-hydrogen) atoms. The Morgan fingerprint density at radius 1 is 1.08 bits per heavy atom. The molecule has 1 aliphatic rings. The molecule has 1 saturated heterocycles. The molecule has 0 spiro atoms. The van der Waals surface area contributed by atoms with Crippen LogP contribution in [0.15, 0.2) is 41.8 Å². The molecule has 0 radical (unpaired) electrons. The summed E-state index contributed by atoms with van der Waals surface area (Å²) in [5, 5.41) is 3.19. The summed E-state index contributed by atoms with van der Waals surface area (Å²) < 4.78 is 1.25. The summed E-state index contributed by atoms with van der Waals surface area (Å²) in [6, 6.07) is 12.3. The molecule has 0 aliphatic carbocycles. The van der Waals surface area contributed by atoms with Crippen molar-refractivity contribution in [1.29, 1.82) is 0 Å². The molecular weight excluding hydrogens is 338 g/mol. The number of amides is 1. The monoisotopic (exact) mass is 357 g/mol. The highest BCUT2D eigenvalue weighted by molar-refractivity contribution is 7.18. The zero-order chi connectivity index (χ0) is 16.4. The summed E-state index contributed by atoms with van der Waals surface area (Å²) in [5.74, 6) is 0.247. The maximum absolute atomic E-state index is 12.4. The number of rotatable bonds is 4. The number of fused-ring (bicyclic) bond motifs is 1. The van der Waals surface area contributed by atoms with E-state index in [1.165, 1.54) is 4.70 Å². The van der Waals surface area contributed by atoms with Gasteiger partial charge in [-0.1, -0.05) is 18.2 Å². The summed E-state index contributed by atoms with van der Waals surface area (Å²) in [7, 11) is 0. The third kappa shape index (κ3) is 3.50. The van der Waals surface area contributed by atoms with Crippen LogP contribution >= 0.6 is 22.7 Å². The third-order valence-electron chi connectivity index (χ3n) is 4.33. The number of piperazine rings is 1. The molecule has 0 bridgehead atoms. The van der Waals surface area contributed by atoms with Gasteiger partial charge in [0.2, 0.25) is 5.91 Å². The Morgan fingerprint density at radius 2 is 1.92 bits per heavy atom. The van der Waals surface area contributed by atoms with Crippen LogP contribution in [-0.2, 0) is 17.8 Å². The molecule has 0 N–H and O–H groups in total. The first-order valence-electron chi connectivity index (χ1n) is 8.15. The van der Waals surface area contributed by atoms with Crippen molar-refractivity contribution in [3.63, 3.8) is 0 Å². The van der Waals surface area contributed by atoms with Gasteiger partial charge >= 0.3 is 0 Å². The fourth-order valence-corrected chi connectivity index (χ4v) is 4.71. The van der Waals surface area contributed by atoms with Gasteiger partial charge in [0.15, 0.2) is 0 Å². The molecule has 0 saturated carbocycles. The normalized spacial score (nSPS) is 15.9. The molecular formula is C18H19N3OS2. The van der Waals surface area contributed by atoms with E-state index >= 15 is 0 Å². The summed E-state index contributed by atoms with van der Waals surface area (Å²) in [4.78, 5) is 22.6. The zero-order valence-corrected chi connectivity index (χ0v) is 15.0. The van der Waals surface area contributed by atoms with Crippen molar-refractivity contribution in [2.45, 2.75) is 13.0 Å². The van der Waals surface area contributed by atoms with Crippen LogP contribution in [-0.4, -0.2) is 46.9 Å². The van der Waals surface area contributed by atoms with E-state index in [0.717, 1.165) is 48.1 Å². The van der Waals surface area contributed by atoms with Crippen LogP contribution in [0.5, 0.6) is 0 Å². The fraction of sp³-hybridized carbons (Fsp3) is 0.333. The molecule has 6 heteroatoms. The van der Waals surface area contributed by atoms with E-state index in [4.69, 9.17) is 4.98 Å². The molecule has 3 heterocycles. The topological polar surface area (TPSA) is 36.4 Å². The van der Waals surface area contributed by atoms with Crippen molar-refractivity contribution in [3.8, 4) is 0 Å². The minimum atomic E-state index is 0.247. The predicted octanol–water partition coefficient (Wildman–Crippen LogP) is 3.24. The number of nitrogens with zero attached hydrogens (tertiary/aromatic N) is 3. The second-order valence-electron chi connectivity index (χ2n) is 5.99. The first-order valence-corrected chi connectivity index (χ1v) is 9.84. The molecule has 3 aromatic rings. The molecule has 1 amide bonds. The largest absolute Gasteiger partial charge is 0.340 e. The number of para-hydroxylation sites is 1. The van der Waals surface area contributed by atoms with Gasteiger partial charge in [0, 0.05) is 31.1 Å². The van der Waals surface area contributed by atoms with Gasteiger partial charge in [-0.05, 0) is 23.6 Å². The number of thiophene rings is 1. The third-order valence-corrected chi connectivity index (χ3v) is 6.23. The number of hydrogen-bond donors (Lipinski definition) is 0. The van der Waals surface area contributed by atoms with E-state index < -0.39 is 0 Å². The lowest BCUT2D eigenvalue weighted by Gasteiger charge is -2.34. The number of benzene rings is 1. The van der Waals surface area contributed by atoms with Crippen molar-refractivity contribution in [1.82, 2.24) is 14.8 Å². The van der Waals surface area contributed by atoms with Crippen LogP contribution < -0.4 is 0 Å². The number of aromatic nitrogens is 1. The van der Waals surface area contributed by atoms with Gasteiger partial charge < -0.3 is 4.90 Å². The first-order chi connectivity index (χ1) is 11.8. The van der Waals surface area contributed by atoms with Gasteiger partial charge in [0.05, 0.1) is 23.2 Å². The molecule has 1 aliphatic heterocycles. The van der Waals surface area contributed by atoms with Crippen molar-refractivity contribution < 1.29 is 4.79 Å². The lowest BCUT2D eigenvalue weighted by atomic mass is 10.2. The summed E-state index contributed by atoms with van der Waals surface area (Å²) >= 11 is 3.42. The summed E-state index contributed by atoms with van der Waals surface area (Å²) in [6.07, 6.45) is 0.537. The van der Waals surface area contributed by atoms with E-state index in [-0.39, 0.29) is 5.91 Å². The zero-order valence-electron chi connectivity index (χ0n) is 13.4. The van der Waals surface area contributed by atoms with Crippen molar-refractivity contribution >= 4 is 38.8 Å². The maximum atomic E-state index is 12.4. The van der Waals surface area contributed by atoms with Gasteiger partial charge in [-0.2, -0.15) is 0 Å². The lowest BCUT2D eigenvalue weighted by molar-refractivity contribution is -0.132. The van der Waals surface area contributed by atoms with E-state index in [9.17, 15) is 4.79 Å². The van der Waals surface area contributed by atoms with Gasteiger partial charge in [-0.25, -0.2) is 4.98 Å². The van der Waals surface area contributed by atoms with Gasteiger partial charge in [-0.3, -0.25) is 9.69 Å². The van der Waals surface area contributed by atoms with Crippen LogP contribution in [0.1, 0.15) is 9.88 Å². The predicted molar refractivity (Wildman–Crippen MR) is 99.5 cm³/mol. The second kappa shape index (κ2) is 7.01. The SMILES string of the molecule is O=C(Cc1cccs1)N1CCN(Cc2nc3ccccc3s2)CC1. The standard InChI is InChI=1S/C18H19N3OS2/c22-18(12-14-4-3-11-23-14)21-9-7-20(8-10-21)13-17-19-15-5-1-2-6-16(15)24-17/h1-6,11H,7-10,12-13H2. The number of hydrogen-bond acceptors (Lipinski definition) is 5. The first kappa shape index (κ1) is 15.7. The van der Waals surface area contributed by atoms with Crippen molar-refractivity contribution in [2.75, 3.05) is 26.2 Å². The molecule has 1 fully saturated rings. The number of thiazole rings is 1. The molecule has 0 unspecified atom stereocenters. The fourth-order valence-electron chi connectivity index (χ4n) is 3.01. The van der Waals surface area contributed by atoms with Crippen LogP contribution in [0, 0.1) is 0 Å². The highest BCUT2D eigenvalue weighted by atomic mass is 32.1. The highest BCUT2D eigenvalue weighted by Gasteiger charge is 2.22. The molecule has 4 rings (SSSR count). The number of carbonyl (C=O) groups is 1. The second-order valence-corrected chi connectivity index (χ2v) is 8.14. The van der Waals surface area contributed by atoms with Crippen LogP contribution in [0.2, 0.25) is 0 Å². The van der Waals surface area contributed by atoms with Gasteiger partial charge in [-0.15, -0.1) is 22.7 Å². The molecule has 2 aromatic heterocycles. The Morgan fingerprint density at radius 3 is 2.67 bits per heavy atom. The number of carbonyl (C=O) groups excluding carboxylic acids is 1. The van der Waals surface area contributed by atoms with Gasteiger partial charge in [0.1, 0.15) is 5.01 Å². The minimum absolute atomic E-state index is 0.247. The Labute approximate surface area is 149 Å². The molecule has 0 atom stereocenters. The van der Waals surface area contributed by atoms with Crippen LogP contribution in [0.3, 0.4) is 0 Å². The average molecular weight is 358 g/mol. The summed E-state index contributed by atoms with van der Waals surface area (Å²) in [5.41, 5.74) is 1.09. The Hall–Kier alpha value is -1.76. The van der Waals surface area contributed by atoms with Crippen molar-refractivity contribution in [3.05, 3.63) is 51.7 Å². The quantitative estimate of drug-likeness (QED) is 0.719. The molecule has 1 aromatic carbocycles. The molecule has 4 nitrogen and oxygen atoms in total. The van der Waals surface area contributed by atoms with E-state index in [1.807, 2.05) is 28.5 Å².